The summed E-state index contributed by atoms with van der Waals surface area (Å²) in [6.07, 6.45) is 6.51. The zero-order chi connectivity index (χ0) is 18.5. The lowest BCUT2D eigenvalue weighted by Crippen LogP contribution is -2.68. The molecule has 2 atom stereocenters. The van der Waals surface area contributed by atoms with Gasteiger partial charge >= 0.3 is 0 Å². The minimum absolute atomic E-state index is 0.449. The van der Waals surface area contributed by atoms with Crippen LogP contribution in [-0.2, 0) is 4.84 Å². The second-order valence-corrected chi connectivity index (χ2v) is 7.85. The lowest BCUT2D eigenvalue weighted by molar-refractivity contribution is -0.252. The molecule has 2 bridgehead atoms. The molecule has 0 aliphatic carbocycles. The maximum absolute atomic E-state index is 9.40. The van der Waals surface area contributed by atoms with Crippen LogP contribution >= 0.6 is 15.9 Å². The first kappa shape index (κ1) is 16.7. The molecular formula is C19H17BrN6O. The lowest BCUT2D eigenvalue weighted by atomic mass is 9.90. The van der Waals surface area contributed by atoms with E-state index in [9.17, 15) is 5.26 Å². The van der Waals surface area contributed by atoms with Crippen molar-refractivity contribution in [1.29, 1.82) is 5.26 Å². The number of halogens is 1. The minimum atomic E-state index is 0.449. The molecule has 0 radical (unpaired) electrons. The first-order valence-corrected chi connectivity index (χ1v) is 9.58. The molecule has 2 unspecified atom stereocenters. The van der Waals surface area contributed by atoms with Gasteiger partial charge in [0.2, 0.25) is 0 Å². The Labute approximate surface area is 164 Å². The molecule has 3 fully saturated rings. The van der Waals surface area contributed by atoms with Gasteiger partial charge in [-0.3, -0.25) is 0 Å². The molecule has 3 aromatic rings. The second-order valence-electron chi connectivity index (χ2n) is 6.93. The van der Waals surface area contributed by atoms with Crippen LogP contribution in [-0.4, -0.2) is 51.9 Å². The predicted octanol–water partition coefficient (Wildman–Crippen LogP) is 2.85. The number of anilines is 1. The first-order valence-electron chi connectivity index (χ1n) is 8.78. The first-order chi connectivity index (χ1) is 13.2. The standard InChI is InChI=1S/C19H17BrN6O/c1-27-26-15-5-16(26)11-24(10-15)18-3-2-12(7-22-18)17-4-14(20)9-25-19(17)13(6-21)8-23-25/h2-4,7-9,15-16H,5,10-11H2,1H3. The van der Waals surface area contributed by atoms with Crippen LogP contribution in [0.15, 0.2) is 41.3 Å². The summed E-state index contributed by atoms with van der Waals surface area (Å²) in [6, 6.07) is 9.23. The van der Waals surface area contributed by atoms with Gasteiger partial charge in [0.15, 0.2) is 0 Å². The zero-order valence-electron chi connectivity index (χ0n) is 14.7. The van der Waals surface area contributed by atoms with Gasteiger partial charge in [0.05, 0.1) is 36.5 Å². The number of hydrogen-bond donors (Lipinski definition) is 0. The highest BCUT2D eigenvalue weighted by molar-refractivity contribution is 9.10. The maximum atomic E-state index is 9.40. The second kappa shape index (κ2) is 6.30. The number of fused-ring (bicyclic) bond motifs is 3. The van der Waals surface area contributed by atoms with Crippen molar-refractivity contribution in [3.63, 3.8) is 0 Å². The number of piperazine rings is 1. The van der Waals surface area contributed by atoms with Gasteiger partial charge in [0.1, 0.15) is 11.9 Å². The Hall–Kier alpha value is -2.47. The minimum Gasteiger partial charge on any atom is -0.353 e. The topological polar surface area (TPSA) is 69.7 Å². The van der Waals surface area contributed by atoms with Crippen LogP contribution < -0.4 is 4.90 Å². The lowest BCUT2D eigenvalue weighted by Gasteiger charge is -2.54. The molecular weight excluding hydrogens is 408 g/mol. The van der Waals surface area contributed by atoms with E-state index in [4.69, 9.17) is 9.82 Å². The fourth-order valence-corrected chi connectivity index (χ4v) is 4.61. The summed E-state index contributed by atoms with van der Waals surface area (Å²) in [4.78, 5) is 12.4. The highest BCUT2D eigenvalue weighted by Gasteiger charge is 2.45. The molecule has 0 amide bonds. The number of aromatic nitrogens is 3. The summed E-state index contributed by atoms with van der Waals surface area (Å²) in [5.74, 6) is 0.976. The van der Waals surface area contributed by atoms with Crippen LogP contribution in [0.25, 0.3) is 16.6 Å². The third-order valence-electron chi connectivity index (χ3n) is 5.42. The smallest absolute Gasteiger partial charge is 0.128 e. The van der Waals surface area contributed by atoms with Crippen molar-refractivity contribution >= 4 is 27.3 Å². The van der Waals surface area contributed by atoms with E-state index < -0.39 is 0 Å². The molecule has 6 rings (SSSR count). The normalized spacial score (nSPS) is 21.9. The Kier molecular flexibility index (Phi) is 3.90. The number of rotatable bonds is 3. The summed E-state index contributed by atoms with van der Waals surface area (Å²) in [5, 5.41) is 15.8. The summed E-state index contributed by atoms with van der Waals surface area (Å²) in [7, 11) is 1.74. The summed E-state index contributed by atoms with van der Waals surface area (Å²) < 4.78 is 2.63. The van der Waals surface area contributed by atoms with Gasteiger partial charge in [0.25, 0.3) is 0 Å². The van der Waals surface area contributed by atoms with Crippen LogP contribution in [0.5, 0.6) is 0 Å². The van der Waals surface area contributed by atoms with Crippen LogP contribution in [0.3, 0.4) is 0 Å². The molecule has 136 valence electrons. The summed E-state index contributed by atoms with van der Waals surface area (Å²) >= 11 is 3.52. The molecule has 27 heavy (non-hydrogen) atoms. The highest BCUT2D eigenvalue weighted by Crippen LogP contribution is 2.35. The summed E-state index contributed by atoms with van der Waals surface area (Å²) in [6.45, 7) is 1.86. The Morgan fingerprint density at radius 3 is 2.74 bits per heavy atom. The van der Waals surface area contributed by atoms with Crippen molar-refractivity contribution in [3.05, 3.63) is 46.8 Å². The molecule has 8 heteroatoms. The Morgan fingerprint density at radius 2 is 2.07 bits per heavy atom. The van der Waals surface area contributed by atoms with Crippen LogP contribution in [0.2, 0.25) is 0 Å². The maximum Gasteiger partial charge on any atom is 0.128 e. The van der Waals surface area contributed by atoms with Gasteiger partial charge in [0, 0.05) is 41.1 Å². The van der Waals surface area contributed by atoms with Crippen molar-refractivity contribution in [1.82, 2.24) is 19.7 Å². The molecule has 6 heterocycles. The van der Waals surface area contributed by atoms with Crippen LogP contribution in [0.4, 0.5) is 5.82 Å². The Bertz CT molecular complexity index is 1040. The number of piperidine rings is 1. The van der Waals surface area contributed by atoms with Crippen molar-refractivity contribution in [2.75, 3.05) is 25.1 Å². The molecule has 3 aliphatic rings. The monoisotopic (exact) mass is 424 g/mol. The number of nitriles is 1. The van der Waals surface area contributed by atoms with Gasteiger partial charge < -0.3 is 9.74 Å². The quantitative estimate of drug-likeness (QED) is 0.643. The van der Waals surface area contributed by atoms with E-state index in [0.717, 1.165) is 40.0 Å². The van der Waals surface area contributed by atoms with E-state index in [0.29, 0.717) is 17.6 Å². The molecule has 3 aliphatic heterocycles. The van der Waals surface area contributed by atoms with Gasteiger partial charge in [-0.15, -0.1) is 0 Å². The van der Waals surface area contributed by atoms with E-state index >= 15 is 0 Å². The van der Waals surface area contributed by atoms with Crippen LogP contribution in [0, 0.1) is 11.3 Å². The molecule has 3 saturated heterocycles. The third-order valence-corrected chi connectivity index (χ3v) is 5.85. The predicted molar refractivity (Wildman–Crippen MR) is 104 cm³/mol. The fourth-order valence-electron chi connectivity index (χ4n) is 4.18. The highest BCUT2D eigenvalue weighted by atomic mass is 79.9. The molecule has 3 aromatic heterocycles. The number of hydrogen-bond acceptors (Lipinski definition) is 6. The van der Waals surface area contributed by atoms with E-state index in [1.165, 1.54) is 6.42 Å². The van der Waals surface area contributed by atoms with Crippen molar-refractivity contribution in [2.45, 2.75) is 18.5 Å². The Morgan fingerprint density at radius 1 is 1.26 bits per heavy atom. The average Bonchev–Trinajstić information content (AvgIpc) is 3.10. The number of hydroxylamine groups is 2. The van der Waals surface area contributed by atoms with E-state index in [1.54, 1.807) is 17.8 Å². The van der Waals surface area contributed by atoms with Crippen molar-refractivity contribution < 1.29 is 4.84 Å². The van der Waals surface area contributed by atoms with E-state index in [2.05, 4.69) is 49.2 Å². The van der Waals surface area contributed by atoms with Crippen molar-refractivity contribution in [2.24, 2.45) is 0 Å². The van der Waals surface area contributed by atoms with Crippen LogP contribution in [0.1, 0.15) is 12.0 Å². The molecule has 0 N–H and O–H groups in total. The van der Waals surface area contributed by atoms with Gasteiger partial charge in [-0.2, -0.15) is 15.4 Å². The summed E-state index contributed by atoms with van der Waals surface area (Å²) in [5.41, 5.74) is 3.25. The zero-order valence-corrected chi connectivity index (χ0v) is 16.3. The number of nitrogens with zero attached hydrogens (tertiary/aromatic N) is 6. The average molecular weight is 425 g/mol. The third kappa shape index (κ3) is 2.62. The SMILES string of the molecule is CON1C2CC1CN(c1ccc(-c3cc(Br)cn4ncc(C#N)c34)cn1)C2. The van der Waals surface area contributed by atoms with E-state index in [-0.39, 0.29) is 0 Å². The number of pyridine rings is 2. The fraction of sp³-hybridized carbons (Fsp3) is 0.316. The van der Waals surface area contributed by atoms with E-state index in [1.807, 2.05) is 18.5 Å². The molecule has 7 nitrogen and oxygen atoms in total. The molecule has 0 saturated carbocycles. The van der Waals surface area contributed by atoms with Gasteiger partial charge in [-0.25, -0.2) is 9.50 Å². The molecule has 0 spiro atoms. The van der Waals surface area contributed by atoms with Gasteiger partial charge in [-0.05, 0) is 40.5 Å². The van der Waals surface area contributed by atoms with Crippen molar-refractivity contribution in [3.8, 4) is 17.2 Å². The Balaban J connectivity index is 1.47. The molecule has 0 aromatic carbocycles. The van der Waals surface area contributed by atoms with Gasteiger partial charge in [-0.1, -0.05) is 0 Å². The largest absolute Gasteiger partial charge is 0.353 e.